The Morgan fingerprint density at radius 2 is 1.65 bits per heavy atom. The Balaban J connectivity index is 1.58. The first-order chi connectivity index (χ1) is 15.1. The van der Waals surface area contributed by atoms with E-state index in [9.17, 15) is 9.59 Å². The van der Waals surface area contributed by atoms with Crippen molar-refractivity contribution in [2.24, 2.45) is 0 Å². The second-order valence-electron chi connectivity index (χ2n) is 6.41. The zero-order valence-corrected chi connectivity index (χ0v) is 17.2. The average molecular weight is 427 g/mol. The largest absolute Gasteiger partial charge is 0.457 e. The lowest BCUT2D eigenvalue weighted by atomic mass is 10.1. The summed E-state index contributed by atoms with van der Waals surface area (Å²) in [5, 5.41) is 20.5. The molecule has 0 saturated heterocycles. The third-order valence-electron chi connectivity index (χ3n) is 4.19. The standard InChI is InChI=1S/C24H17N3O3S/c25-13-17-8-10-18(11-9-17)15-30-24(29)21-6-1-2-7-22(21)31-16-23(28)27-20-5-3-4-19(12-20)14-26/h1-12H,15-16H2,(H,27,28). The highest BCUT2D eigenvalue weighted by Crippen LogP contribution is 2.24. The van der Waals surface area contributed by atoms with Crippen LogP contribution in [0.4, 0.5) is 5.69 Å². The number of amides is 1. The minimum atomic E-state index is -0.491. The van der Waals surface area contributed by atoms with E-state index in [0.29, 0.717) is 27.3 Å². The molecule has 6 nitrogen and oxygen atoms in total. The van der Waals surface area contributed by atoms with E-state index in [2.05, 4.69) is 5.32 Å². The summed E-state index contributed by atoms with van der Waals surface area (Å²) < 4.78 is 5.39. The van der Waals surface area contributed by atoms with Gasteiger partial charge < -0.3 is 10.1 Å². The van der Waals surface area contributed by atoms with E-state index in [1.165, 1.54) is 11.8 Å². The van der Waals surface area contributed by atoms with Gasteiger partial charge in [-0.05, 0) is 48.0 Å². The molecule has 3 aromatic carbocycles. The number of carbonyl (C=O) groups is 2. The van der Waals surface area contributed by atoms with Crippen LogP contribution >= 0.6 is 11.8 Å². The van der Waals surface area contributed by atoms with Gasteiger partial charge in [0.25, 0.3) is 0 Å². The number of esters is 1. The number of ether oxygens (including phenoxy) is 1. The van der Waals surface area contributed by atoms with Crippen molar-refractivity contribution >= 4 is 29.3 Å². The minimum Gasteiger partial charge on any atom is -0.457 e. The van der Waals surface area contributed by atoms with Gasteiger partial charge in [-0.25, -0.2) is 4.79 Å². The summed E-state index contributed by atoms with van der Waals surface area (Å²) >= 11 is 1.23. The quantitative estimate of drug-likeness (QED) is 0.439. The third-order valence-corrected chi connectivity index (χ3v) is 5.27. The number of benzene rings is 3. The van der Waals surface area contributed by atoms with Crippen LogP contribution in [0.1, 0.15) is 27.0 Å². The molecule has 0 saturated carbocycles. The van der Waals surface area contributed by atoms with Gasteiger partial charge in [0.15, 0.2) is 0 Å². The molecule has 31 heavy (non-hydrogen) atoms. The Morgan fingerprint density at radius 1 is 0.903 bits per heavy atom. The molecule has 3 rings (SSSR count). The van der Waals surface area contributed by atoms with Gasteiger partial charge >= 0.3 is 5.97 Å². The van der Waals surface area contributed by atoms with Gasteiger partial charge in [-0.1, -0.05) is 30.3 Å². The maximum Gasteiger partial charge on any atom is 0.339 e. The number of nitriles is 2. The Bertz CT molecular complexity index is 1180. The second-order valence-corrected chi connectivity index (χ2v) is 7.43. The van der Waals surface area contributed by atoms with Gasteiger partial charge in [0.2, 0.25) is 5.91 Å². The van der Waals surface area contributed by atoms with Gasteiger partial charge in [-0.3, -0.25) is 4.79 Å². The van der Waals surface area contributed by atoms with Gasteiger partial charge in [0, 0.05) is 10.6 Å². The van der Waals surface area contributed by atoms with E-state index in [4.69, 9.17) is 15.3 Å². The monoisotopic (exact) mass is 427 g/mol. The van der Waals surface area contributed by atoms with E-state index in [1.54, 1.807) is 72.8 Å². The predicted octanol–water partition coefficient (Wildman–Crippen LogP) is 4.52. The summed E-state index contributed by atoms with van der Waals surface area (Å²) in [5.74, 6) is -0.646. The molecular formula is C24H17N3O3S. The summed E-state index contributed by atoms with van der Waals surface area (Å²) in [7, 11) is 0. The molecule has 0 aliphatic rings. The first-order valence-electron chi connectivity index (χ1n) is 9.27. The average Bonchev–Trinajstić information content (AvgIpc) is 2.81. The van der Waals surface area contributed by atoms with E-state index >= 15 is 0 Å². The smallest absolute Gasteiger partial charge is 0.339 e. The molecule has 0 bridgehead atoms. The van der Waals surface area contributed by atoms with Crippen molar-refractivity contribution in [1.29, 1.82) is 10.5 Å². The zero-order chi connectivity index (χ0) is 22.1. The number of hydrogen-bond donors (Lipinski definition) is 1. The van der Waals surface area contributed by atoms with Crippen LogP contribution in [-0.4, -0.2) is 17.6 Å². The number of thioether (sulfide) groups is 1. The van der Waals surface area contributed by atoms with E-state index < -0.39 is 5.97 Å². The van der Waals surface area contributed by atoms with Crippen molar-refractivity contribution < 1.29 is 14.3 Å². The molecule has 1 N–H and O–H groups in total. The highest BCUT2D eigenvalue weighted by molar-refractivity contribution is 8.00. The summed E-state index contributed by atoms with van der Waals surface area (Å²) in [6.45, 7) is 0.0826. The Kier molecular flexibility index (Phi) is 7.42. The van der Waals surface area contributed by atoms with Crippen molar-refractivity contribution in [2.45, 2.75) is 11.5 Å². The highest BCUT2D eigenvalue weighted by Gasteiger charge is 2.14. The summed E-state index contributed by atoms with van der Waals surface area (Å²) in [5.41, 5.74) is 2.69. The minimum absolute atomic E-state index is 0.0826. The molecular weight excluding hydrogens is 410 g/mol. The fourth-order valence-corrected chi connectivity index (χ4v) is 3.51. The number of nitrogens with zero attached hydrogens (tertiary/aromatic N) is 2. The Labute approximate surface area is 184 Å². The zero-order valence-electron chi connectivity index (χ0n) is 16.4. The topological polar surface area (TPSA) is 103 Å². The molecule has 3 aromatic rings. The summed E-state index contributed by atoms with van der Waals surface area (Å²) in [6.07, 6.45) is 0. The van der Waals surface area contributed by atoms with E-state index in [-0.39, 0.29) is 18.3 Å². The van der Waals surface area contributed by atoms with Crippen LogP contribution in [0.15, 0.2) is 77.7 Å². The molecule has 0 unspecified atom stereocenters. The van der Waals surface area contributed by atoms with Crippen molar-refractivity contribution in [1.82, 2.24) is 0 Å². The molecule has 0 aliphatic carbocycles. The molecule has 0 aromatic heterocycles. The van der Waals surface area contributed by atoms with Crippen LogP contribution in [0.3, 0.4) is 0 Å². The number of hydrogen-bond acceptors (Lipinski definition) is 6. The Hall–Kier alpha value is -4.07. The molecule has 7 heteroatoms. The molecule has 1 amide bonds. The SMILES string of the molecule is N#Cc1ccc(COC(=O)c2ccccc2SCC(=O)Nc2cccc(C#N)c2)cc1. The van der Waals surface area contributed by atoms with E-state index in [0.717, 1.165) is 5.56 Å². The maximum absolute atomic E-state index is 12.5. The van der Waals surface area contributed by atoms with Gasteiger partial charge in [-0.2, -0.15) is 10.5 Å². The maximum atomic E-state index is 12.5. The van der Waals surface area contributed by atoms with Crippen molar-refractivity contribution in [2.75, 3.05) is 11.1 Å². The van der Waals surface area contributed by atoms with Crippen LogP contribution < -0.4 is 5.32 Å². The lowest BCUT2D eigenvalue weighted by molar-refractivity contribution is -0.113. The number of nitrogens with one attached hydrogen (secondary N) is 1. The molecule has 0 fully saturated rings. The number of rotatable bonds is 7. The lowest BCUT2D eigenvalue weighted by Gasteiger charge is -2.10. The fourth-order valence-electron chi connectivity index (χ4n) is 2.67. The molecule has 0 aliphatic heterocycles. The Morgan fingerprint density at radius 3 is 2.39 bits per heavy atom. The first-order valence-corrected chi connectivity index (χ1v) is 10.3. The van der Waals surface area contributed by atoms with Crippen molar-refractivity contribution in [3.05, 3.63) is 95.1 Å². The van der Waals surface area contributed by atoms with Gasteiger partial charge in [-0.15, -0.1) is 11.8 Å². The molecule has 0 heterocycles. The van der Waals surface area contributed by atoms with Crippen molar-refractivity contribution in [3.63, 3.8) is 0 Å². The molecule has 0 spiro atoms. The predicted molar refractivity (Wildman–Crippen MR) is 117 cm³/mol. The summed E-state index contributed by atoms with van der Waals surface area (Å²) in [4.78, 5) is 25.5. The van der Waals surface area contributed by atoms with Crippen LogP contribution in [0.5, 0.6) is 0 Å². The van der Waals surface area contributed by atoms with Crippen molar-refractivity contribution in [3.8, 4) is 12.1 Å². The third kappa shape index (κ3) is 6.20. The highest BCUT2D eigenvalue weighted by atomic mass is 32.2. The van der Waals surface area contributed by atoms with Crippen LogP contribution in [0, 0.1) is 22.7 Å². The van der Waals surface area contributed by atoms with Gasteiger partial charge in [0.05, 0.1) is 34.6 Å². The molecule has 0 radical (unpaired) electrons. The first kappa shape index (κ1) is 21.6. The molecule has 0 atom stereocenters. The second kappa shape index (κ2) is 10.6. The van der Waals surface area contributed by atoms with Crippen LogP contribution in [0.2, 0.25) is 0 Å². The van der Waals surface area contributed by atoms with Crippen LogP contribution in [-0.2, 0) is 16.1 Å². The van der Waals surface area contributed by atoms with E-state index in [1.807, 2.05) is 12.1 Å². The normalized spacial score (nSPS) is 9.87. The number of anilines is 1. The van der Waals surface area contributed by atoms with Crippen LogP contribution in [0.25, 0.3) is 0 Å². The number of carbonyl (C=O) groups excluding carboxylic acids is 2. The van der Waals surface area contributed by atoms with Gasteiger partial charge in [0.1, 0.15) is 6.61 Å². The lowest BCUT2D eigenvalue weighted by Crippen LogP contribution is -2.14. The fraction of sp³-hybridized carbons (Fsp3) is 0.0833. The molecule has 152 valence electrons. The summed E-state index contributed by atoms with van der Waals surface area (Å²) in [6, 6.07) is 24.4.